The summed E-state index contributed by atoms with van der Waals surface area (Å²) >= 11 is 2.48. The van der Waals surface area contributed by atoms with Gasteiger partial charge in [0.2, 0.25) is 5.91 Å². The van der Waals surface area contributed by atoms with Crippen LogP contribution >= 0.6 is 23.1 Å². The maximum Gasteiger partial charge on any atom is 0.341 e. The van der Waals surface area contributed by atoms with Crippen molar-refractivity contribution in [1.29, 1.82) is 0 Å². The Kier molecular flexibility index (Phi) is 5.82. The Hall–Kier alpha value is -3.17. The molecule has 0 aliphatic carbocycles. The van der Waals surface area contributed by atoms with Gasteiger partial charge in [-0.05, 0) is 29.8 Å². The summed E-state index contributed by atoms with van der Waals surface area (Å²) in [5, 5.41) is 5.53. The summed E-state index contributed by atoms with van der Waals surface area (Å²) in [6.45, 7) is 0. The van der Waals surface area contributed by atoms with Crippen LogP contribution in [0, 0.1) is 5.82 Å². The topological polar surface area (TPSA) is 84.1 Å². The predicted molar refractivity (Wildman–Crippen MR) is 116 cm³/mol. The molecule has 30 heavy (non-hydrogen) atoms. The van der Waals surface area contributed by atoms with Crippen LogP contribution in [0.1, 0.15) is 10.4 Å². The SMILES string of the molecule is COC(=O)c1c(-c2ccc(F)cc2)csc1NC(=O)CSc1nc2ccccc2[nH]1. The number of halogens is 1. The standard InChI is InChI=1S/C21H16FN3O3S2/c1-28-20(27)18-14(12-6-8-13(22)9-7-12)10-29-19(18)25-17(26)11-30-21-23-15-4-2-3-5-16(15)24-21/h2-10H,11H2,1H3,(H,23,24)(H,25,26). The molecule has 9 heteroatoms. The zero-order chi connectivity index (χ0) is 21.1. The van der Waals surface area contributed by atoms with Crippen LogP contribution in [-0.4, -0.2) is 34.7 Å². The van der Waals surface area contributed by atoms with Crippen LogP contribution < -0.4 is 5.32 Å². The number of anilines is 1. The average Bonchev–Trinajstić information content (AvgIpc) is 3.36. The van der Waals surface area contributed by atoms with E-state index >= 15 is 0 Å². The smallest absolute Gasteiger partial charge is 0.341 e. The maximum atomic E-state index is 13.2. The molecule has 0 bridgehead atoms. The number of aromatic amines is 1. The molecular formula is C21H16FN3O3S2. The van der Waals surface area contributed by atoms with Gasteiger partial charge in [-0.2, -0.15) is 0 Å². The summed E-state index contributed by atoms with van der Waals surface area (Å²) in [6, 6.07) is 13.4. The van der Waals surface area contributed by atoms with E-state index in [4.69, 9.17) is 4.74 Å². The van der Waals surface area contributed by atoms with Crippen molar-refractivity contribution < 1.29 is 18.7 Å². The lowest BCUT2D eigenvalue weighted by atomic mass is 10.0. The van der Waals surface area contributed by atoms with Crippen molar-refractivity contribution in [3.63, 3.8) is 0 Å². The van der Waals surface area contributed by atoms with Crippen LogP contribution in [0.5, 0.6) is 0 Å². The fraction of sp³-hybridized carbons (Fsp3) is 0.0952. The van der Waals surface area contributed by atoms with Gasteiger partial charge in [0.1, 0.15) is 16.4 Å². The van der Waals surface area contributed by atoms with Crippen molar-refractivity contribution in [1.82, 2.24) is 9.97 Å². The highest BCUT2D eigenvalue weighted by atomic mass is 32.2. The number of rotatable bonds is 6. The number of methoxy groups -OCH3 is 1. The van der Waals surface area contributed by atoms with E-state index in [1.165, 1.54) is 42.3 Å². The number of hydrogen-bond donors (Lipinski definition) is 2. The maximum absolute atomic E-state index is 13.2. The van der Waals surface area contributed by atoms with Gasteiger partial charge in [-0.25, -0.2) is 14.2 Å². The number of aromatic nitrogens is 2. The summed E-state index contributed by atoms with van der Waals surface area (Å²) in [5.74, 6) is -1.11. The molecule has 4 rings (SSSR count). The Bertz CT molecular complexity index is 1180. The third-order valence-corrected chi connectivity index (χ3v) is 6.07. The Morgan fingerprint density at radius 1 is 1.20 bits per heavy atom. The number of hydrogen-bond acceptors (Lipinski definition) is 6. The summed E-state index contributed by atoms with van der Waals surface area (Å²) in [7, 11) is 1.28. The highest BCUT2D eigenvalue weighted by Gasteiger charge is 2.22. The van der Waals surface area contributed by atoms with Crippen molar-refractivity contribution >= 4 is 51.0 Å². The molecule has 0 unspecified atom stereocenters. The third-order valence-electron chi connectivity index (χ3n) is 4.30. The summed E-state index contributed by atoms with van der Waals surface area (Å²) < 4.78 is 18.1. The highest BCUT2D eigenvalue weighted by molar-refractivity contribution is 7.99. The van der Waals surface area contributed by atoms with E-state index in [0.717, 1.165) is 11.0 Å². The number of imidazole rings is 1. The van der Waals surface area contributed by atoms with E-state index in [0.29, 0.717) is 21.3 Å². The number of amides is 1. The van der Waals surface area contributed by atoms with E-state index in [2.05, 4.69) is 15.3 Å². The van der Waals surface area contributed by atoms with E-state index in [9.17, 15) is 14.0 Å². The number of fused-ring (bicyclic) bond motifs is 1. The fourth-order valence-electron chi connectivity index (χ4n) is 2.89. The molecule has 0 atom stereocenters. The minimum Gasteiger partial charge on any atom is -0.465 e. The monoisotopic (exact) mass is 441 g/mol. The number of benzene rings is 2. The minimum absolute atomic E-state index is 0.115. The molecule has 0 spiro atoms. The van der Waals surface area contributed by atoms with Crippen LogP contribution in [0.4, 0.5) is 9.39 Å². The molecule has 0 aliphatic rings. The van der Waals surface area contributed by atoms with E-state index in [1.807, 2.05) is 24.3 Å². The quantitative estimate of drug-likeness (QED) is 0.327. The number of nitrogens with one attached hydrogen (secondary N) is 2. The molecule has 2 aromatic carbocycles. The Morgan fingerprint density at radius 2 is 1.97 bits per heavy atom. The van der Waals surface area contributed by atoms with Gasteiger partial charge in [0.25, 0.3) is 0 Å². The zero-order valence-corrected chi connectivity index (χ0v) is 17.4. The second-order valence-corrected chi connectivity index (χ2v) is 8.09. The number of thiophene rings is 1. The molecule has 0 fully saturated rings. The van der Waals surface area contributed by atoms with Crippen molar-refractivity contribution in [3.8, 4) is 11.1 Å². The van der Waals surface area contributed by atoms with Gasteiger partial charge in [-0.3, -0.25) is 4.79 Å². The first-order chi connectivity index (χ1) is 14.5. The molecule has 1 amide bonds. The normalized spacial score (nSPS) is 10.9. The van der Waals surface area contributed by atoms with Crippen LogP contribution in [0.15, 0.2) is 59.1 Å². The van der Waals surface area contributed by atoms with Crippen LogP contribution in [0.2, 0.25) is 0 Å². The largest absolute Gasteiger partial charge is 0.465 e. The third kappa shape index (κ3) is 4.22. The molecule has 0 saturated heterocycles. The molecule has 0 aliphatic heterocycles. The zero-order valence-electron chi connectivity index (χ0n) is 15.8. The first-order valence-corrected chi connectivity index (χ1v) is 10.7. The van der Waals surface area contributed by atoms with Gasteiger partial charge in [-0.1, -0.05) is 36.0 Å². The number of nitrogens with zero attached hydrogens (tertiary/aromatic N) is 1. The van der Waals surface area contributed by atoms with Crippen LogP contribution in [0.3, 0.4) is 0 Å². The number of carbonyl (C=O) groups excluding carboxylic acids is 2. The van der Waals surface area contributed by atoms with E-state index in [1.54, 1.807) is 17.5 Å². The van der Waals surface area contributed by atoms with Gasteiger partial charge in [0.15, 0.2) is 5.16 Å². The summed E-state index contributed by atoms with van der Waals surface area (Å²) in [4.78, 5) is 32.4. The first-order valence-electron chi connectivity index (χ1n) is 8.88. The van der Waals surface area contributed by atoms with Crippen LogP contribution in [-0.2, 0) is 9.53 Å². The first kappa shape index (κ1) is 20.1. The lowest BCUT2D eigenvalue weighted by Crippen LogP contribution is -2.16. The fourth-order valence-corrected chi connectivity index (χ4v) is 4.55. The lowest BCUT2D eigenvalue weighted by Gasteiger charge is -2.07. The molecule has 2 aromatic heterocycles. The van der Waals surface area contributed by atoms with Crippen LogP contribution in [0.25, 0.3) is 22.2 Å². The lowest BCUT2D eigenvalue weighted by molar-refractivity contribution is -0.113. The predicted octanol–water partition coefficient (Wildman–Crippen LogP) is 4.95. The van der Waals surface area contributed by atoms with E-state index < -0.39 is 5.97 Å². The van der Waals surface area contributed by atoms with Crippen molar-refractivity contribution in [3.05, 3.63) is 65.3 Å². The number of carbonyl (C=O) groups is 2. The molecule has 6 nitrogen and oxygen atoms in total. The van der Waals surface area contributed by atoms with Crippen molar-refractivity contribution in [2.75, 3.05) is 18.2 Å². The average molecular weight is 442 g/mol. The minimum atomic E-state index is -0.573. The second-order valence-electron chi connectivity index (χ2n) is 6.25. The van der Waals surface area contributed by atoms with Crippen molar-refractivity contribution in [2.24, 2.45) is 0 Å². The molecule has 4 aromatic rings. The number of thioether (sulfide) groups is 1. The molecule has 2 N–H and O–H groups in total. The van der Waals surface area contributed by atoms with Gasteiger partial charge < -0.3 is 15.0 Å². The van der Waals surface area contributed by atoms with E-state index in [-0.39, 0.29) is 23.0 Å². The molecule has 152 valence electrons. The second kappa shape index (κ2) is 8.68. The number of ether oxygens (including phenoxy) is 1. The number of esters is 1. The summed E-state index contributed by atoms with van der Waals surface area (Å²) in [6.07, 6.45) is 0. The molecule has 2 heterocycles. The van der Waals surface area contributed by atoms with Gasteiger partial charge >= 0.3 is 5.97 Å². The Labute approximate surface area is 179 Å². The van der Waals surface area contributed by atoms with Gasteiger partial charge in [-0.15, -0.1) is 11.3 Å². The Balaban J connectivity index is 1.51. The van der Waals surface area contributed by atoms with Gasteiger partial charge in [0, 0.05) is 10.9 Å². The molecule has 0 saturated carbocycles. The Morgan fingerprint density at radius 3 is 2.70 bits per heavy atom. The van der Waals surface area contributed by atoms with Gasteiger partial charge in [0.05, 0.1) is 23.9 Å². The molecule has 0 radical (unpaired) electrons. The highest BCUT2D eigenvalue weighted by Crippen LogP contribution is 2.36. The number of H-pyrrole nitrogens is 1. The van der Waals surface area contributed by atoms with Crippen molar-refractivity contribution in [2.45, 2.75) is 5.16 Å². The summed E-state index contributed by atoms with van der Waals surface area (Å²) in [5.41, 5.74) is 3.21. The number of para-hydroxylation sites is 2. The molecular weight excluding hydrogens is 425 g/mol.